The van der Waals surface area contributed by atoms with Gasteiger partial charge in [-0.25, -0.2) is 14.8 Å². The zero-order valence-electron chi connectivity index (χ0n) is 16.9. The summed E-state index contributed by atoms with van der Waals surface area (Å²) in [5.74, 6) is 1.53. The second-order valence-corrected chi connectivity index (χ2v) is 7.88. The molecule has 3 rings (SSSR count). The maximum absolute atomic E-state index is 12.3. The van der Waals surface area contributed by atoms with E-state index in [0.29, 0.717) is 32.2 Å². The van der Waals surface area contributed by atoms with Crippen LogP contribution in [0.3, 0.4) is 0 Å². The summed E-state index contributed by atoms with van der Waals surface area (Å²) in [6.07, 6.45) is 3.47. The van der Waals surface area contributed by atoms with Gasteiger partial charge in [0.05, 0.1) is 6.54 Å². The lowest BCUT2D eigenvalue weighted by molar-refractivity contribution is 0.191. The zero-order chi connectivity index (χ0) is 20.0. The molecule has 7 nitrogen and oxygen atoms in total. The van der Waals surface area contributed by atoms with Gasteiger partial charge < -0.3 is 19.9 Å². The van der Waals surface area contributed by atoms with Crippen molar-refractivity contribution in [2.45, 2.75) is 26.2 Å². The smallest absolute Gasteiger partial charge is 0.317 e. The Bertz CT molecular complexity index is 751. The number of piperazine rings is 1. The highest BCUT2D eigenvalue weighted by molar-refractivity contribution is 5.74. The molecular formula is C21H29N5O2. The summed E-state index contributed by atoms with van der Waals surface area (Å²) >= 11 is 0. The number of aromatic nitrogens is 2. The Balaban J connectivity index is 1.36. The summed E-state index contributed by atoms with van der Waals surface area (Å²) in [6, 6.07) is 9.88. The molecule has 1 aromatic heterocycles. The molecule has 1 saturated heterocycles. The Labute approximate surface area is 166 Å². The molecule has 0 radical (unpaired) electrons. The number of nitrogens with one attached hydrogen (secondary N) is 1. The number of anilines is 1. The topological polar surface area (TPSA) is 70.6 Å². The highest BCUT2D eigenvalue weighted by atomic mass is 16.5. The largest absolute Gasteiger partial charge is 0.492 e. The first-order valence-corrected chi connectivity index (χ1v) is 9.71. The van der Waals surface area contributed by atoms with Gasteiger partial charge >= 0.3 is 6.03 Å². The van der Waals surface area contributed by atoms with Gasteiger partial charge in [-0.2, -0.15) is 0 Å². The standard InChI is InChI=1S/C21H29N5O2/c1-21(2,3)17-5-7-18(8-6-17)28-16-11-24-20(27)26-14-12-25(13-15-26)19-22-9-4-10-23-19/h4-10H,11-16H2,1-3H3,(H,24,27). The van der Waals surface area contributed by atoms with E-state index >= 15 is 0 Å². The Morgan fingerprint density at radius 2 is 1.71 bits per heavy atom. The molecule has 0 aliphatic carbocycles. The fraction of sp³-hybridized carbons (Fsp3) is 0.476. The first-order chi connectivity index (χ1) is 13.4. The number of amides is 2. The quantitative estimate of drug-likeness (QED) is 0.804. The average Bonchev–Trinajstić information content (AvgIpc) is 2.71. The van der Waals surface area contributed by atoms with Crippen molar-refractivity contribution in [1.82, 2.24) is 20.2 Å². The van der Waals surface area contributed by atoms with E-state index in [1.165, 1.54) is 5.56 Å². The number of hydrogen-bond acceptors (Lipinski definition) is 5. The zero-order valence-corrected chi connectivity index (χ0v) is 16.9. The second-order valence-electron chi connectivity index (χ2n) is 7.88. The van der Waals surface area contributed by atoms with Crippen LogP contribution in [0.25, 0.3) is 0 Å². The molecule has 150 valence electrons. The Hall–Kier alpha value is -2.83. The monoisotopic (exact) mass is 383 g/mol. The highest BCUT2D eigenvalue weighted by Crippen LogP contribution is 2.24. The van der Waals surface area contributed by atoms with Crippen LogP contribution in [0.4, 0.5) is 10.7 Å². The molecule has 0 bridgehead atoms. The molecule has 0 atom stereocenters. The minimum Gasteiger partial charge on any atom is -0.492 e. The predicted octanol–water partition coefficient (Wildman–Crippen LogP) is 2.68. The third-order valence-corrected chi connectivity index (χ3v) is 4.77. The van der Waals surface area contributed by atoms with Gasteiger partial charge in [0.2, 0.25) is 5.95 Å². The van der Waals surface area contributed by atoms with Crippen molar-refractivity contribution in [2.24, 2.45) is 0 Å². The molecule has 1 aliphatic rings. The number of hydrogen-bond donors (Lipinski definition) is 1. The molecule has 2 amide bonds. The first kappa shape index (κ1) is 19.9. The lowest BCUT2D eigenvalue weighted by Crippen LogP contribution is -2.52. The molecule has 2 aromatic rings. The number of nitrogens with zero attached hydrogens (tertiary/aromatic N) is 4. The van der Waals surface area contributed by atoms with Crippen LogP contribution in [-0.2, 0) is 5.41 Å². The molecule has 1 N–H and O–H groups in total. The maximum atomic E-state index is 12.3. The van der Waals surface area contributed by atoms with Crippen molar-refractivity contribution in [3.63, 3.8) is 0 Å². The van der Waals surface area contributed by atoms with Crippen LogP contribution < -0.4 is 15.0 Å². The van der Waals surface area contributed by atoms with Crippen LogP contribution in [-0.4, -0.2) is 60.2 Å². The SMILES string of the molecule is CC(C)(C)c1ccc(OCCNC(=O)N2CCN(c3ncccn3)CC2)cc1. The molecule has 0 unspecified atom stereocenters. The molecule has 2 heterocycles. The van der Waals surface area contributed by atoms with E-state index in [1.807, 2.05) is 17.0 Å². The van der Waals surface area contributed by atoms with E-state index in [0.717, 1.165) is 18.8 Å². The Kier molecular flexibility index (Phi) is 6.34. The number of carbonyl (C=O) groups excluding carboxylic acids is 1. The molecule has 0 spiro atoms. The van der Waals surface area contributed by atoms with Crippen LogP contribution in [0, 0.1) is 0 Å². The van der Waals surface area contributed by atoms with Crippen LogP contribution in [0.15, 0.2) is 42.7 Å². The van der Waals surface area contributed by atoms with E-state index in [2.05, 4.69) is 53.1 Å². The van der Waals surface area contributed by atoms with Gasteiger partial charge in [-0.05, 0) is 29.2 Å². The summed E-state index contributed by atoms with van der Waals surface area (Å²) in [4.78, 5) is 24.7. The van der Waals surface area contributed by atoms with Gasteiger partial charge in [-0.15, -0.1) is 0 Å². The minimum absolute atomic E-state index is 0.0553. The molecule has 1 fully saturated rings. The van der Waals surface area contributed by atoms with Crippen LogP contribution in [0.5, 0.6) is 5.75 Å². The van der Waals surface area contributed by atoms with Gasteiger partial charge in [0.1, 0.15) is 12.4 Å². The normalized spacial score (nSPS) is 14.7. The Morgan fingerprint density at radius 1 is 1.07 bits per heavy atom. The lowest BCUT2D eigenvalue weighted by Gasteiger charge is -2.34. The summed E-state index contributed by atoms with van der Waals surface area (Å²) in [6.45, 7) is 10.2. The molecule has 28 heavy (non-hydrogen) atoms. The van der Waals surface area contributed by atoms with Crippen molar-refractivity contribution in [3.05, 3.63) is 48.3 Å². The summed E-state index contributed by atoms with van der Waals surface area (Å²) in [5, 5.41) is 2.93. The van der Waals surface area contributed by atoms with Crippen molar-refractivity contribution < 1.29 is 9.53 Å². The molecule has 0 saturated carbocycles. The van der Waals surface area contributed by atoms with Crippen molar-refractivity contribution in [1.29, 1.82) is 0 Å². The summed E-state index contributed by atoms with van der Waals surface area (Å²) in [5.41, 5.74) is 1.40. The number of rotatable bonds is 5. The van der Waals surface area contributed by atoms with E-state index in [-0.39, 0.29) is 11.4 Å². The number of benzene rings is 1. The number of urea groups is 1. The summed E-state index contributed by atoms with van der Waals surface area (Å²) in [7, 11) is 0. The third-order valence-electron chi connectivity index (χ3n) is 4.77. The van der Waals surface area contributed by atoms with Gasteiger partial charge in [0.15, 0.2) is 0 Å². The Morgan fingerprint density at radius 3 is 2.32 bits per heavy atom. The van der Waals surface area contributed by atoms with E-state index in [1.54, 1.807) is 18.5 Å². The van der Waals surface area contributed by atoms with E-state index in [9.17, 15) is 4.79 Å². The molecule has 1 aliphatic heterocycles. The van der Waals surface area contributed by atoms with Gasteiger partial charge in [-0.1, -0.05) is 32.9 Å². The van der Waals surface area contributed by atoms with Crippen LogP contribution in [0.2, 0.25) is 0 Å². The fourth-order valence-electron chi connectivity index (χ4n) is 3.05. The van der Waals surface area contributed by atoms with Crippen molar-refractivity contribution in [3.8, 4) is 5.75 Å². The first-order valence-electron chi connectivity index (χ1n) is 9.71. The minimum atomic E-state index is -0.0553. The number of ether oxygens (including phenoxy) is 1. The van der Waals surface area contributed by atoms with Gasteiger partial charge in [0.25, 0.3) is 0 Å². The van der Waals surface area contributed by atoms with Crippen molar-refractivity contribution >= 4 is 12.0 Å². The van der Waals surface area contributed by atoms with E-state index < -0.39 is 0 Å². The average molecular weight is 383 g/mol. The molecule has 7 heteroatoms. The highest BCUT2D eigenvalue weighted by Gasteiger charge is 2.22. The lowest BCUT2D eigenvalue weighted by atomic mass is 9.87. The second kappa shape index (κ2) is 8.91. The van der Waals surface area contributed by atoms with Gasteiger partial charge in [-0.3, -0.25) is 0 Å². The number of carbonyl (C=O) groups is 1. The third kappa shape index (κ3) is 5.34. The van der Waals surface area contributed by atoms with E-state index in [4.69, 9.17) is 4.74 Å². The molecule has 1 aromatic carbocycles. The maximum Gasteiger partial charge on any atom is 0.317 e. The predicted molar refractivity (Wildman–Crippen MR) is 110 cm³/mol. The van der Waals surface area contributed by atoms with Gasteiger partial charge in [0, 0.05) is 38.6 Å². The summed E-state index contributed by atoms with van der Waals surface area (Å²) < 4.78 is 5.73. The van der Waals surface area contributed by atoms with Crippen LogP contribution in [0.1, 0.15) is 26.3 Å². The van der Waals surface area contributed by atoms with Crippen LogP contribution >= 0.6 is 0 Å². The molecular weight excluding hydrogens is 354 g/mol. The van der Waals surface area contributed by atoms with Crippen molar-refractivity contribution in [2.75, 3.05) is 44.2 Å². The fourth-order valence-corrected chi connectivity index (χ4v) is 3.05.